The van der Waals surface area contributed by atoms with Crippen molar-refractivity contribution in [3.63, 3.8) is 0 Å². The van der Waals surface area contributed by atoms with Gasteiger partial charge in [0, 0.05) is 81.0 Å². The predicted octanol–water partition coefficient (Wildman–Crippen LogP) is 5.13. The predicted molar refractivity (Wildman–Crippen MR) is 173 cm³/mol. The highest BCUT2D eigenvalue weighted by Gasteiger charge is 2.35. The summed E-state index contributed by atoms with van der Waals surface area (Å²) in [6.07, 6.45) is 1.74. The number of nitrogens with zero attached hydrogens (tertiary/aromatic N) is 6. The van der Waals surface area contributed by atoms with E-state index >= 15 is 4.39 Å². The van der Waals surface area contributed by atoms with Crippen molar-refractivity contribution in [2.75, 3.05) is 59.0 Å². The number of benzene rings is 1. The molecular formula is C33H36F2N6O4S. The molecule has 46 heavy (non-hydrogen) atoms. The van der Waals surface area contributed by atoms with Crippen molar-refractivity contribution in [1.29, 1.82) is 0 Å². The van der Waals surface area contributed by atoms with Crippen LogP contribution < -0.4 is 9.64 Å². The van der Waals surface area contributed by atoms with Gasteiger partial charge in [-0.1, -0.05) is 6.58 Å². The number of anilines is 1. The van der Waals surface area contributed by atoms with Gasteiger partial charge < -0.3 is 24.2 Å². The smallest absolute Gasteiger partial charge is 0.246 e. The van der Waals surface area contributed by atoms with Crippen LogP contribution in [0.2, 0.25) is 0 Å². The zero-order valence-electron chi connectivity index (χ0n) is 26.3. The number of ether oxygens (including phenoxy) is 2. The molecule has 0 bridgehead atoms. The van der Waals surface area contributed by atoms with Gasteiger partial charge in [0.1, 0.15) is 41.2 Å². The van der Waals surface area contributed by atoms with E-state index in [2.05, 4.69) is 11.5 Å². The lowest BCUT2D eigenvalue weighted by atomic mass is 9.94. The Hall–Kier alpha value is -4.36. The van der Waals surface area contributed by atoms with E-state index in [0.29, 0.717) is 55.4 Å². The summed E-state index contributed by atoms with van der Waals surface area (Å²) in [7, 11) is 5.02. The normalized spacial score (nSPS) is 16.3. The molecule has 2 aliphatic rings. The Morgan fingerprint density at radius 1 is 1.15 bits per heavy atom. The molecule has 1 fully saturated rings. The average molecular weight is 651 g/mol. The first-order valence-corrected chi connectivity index (χ1v) is 16.0. The number of carbonyl (C=O) groups is 2. The molecule has 6 rings (SSSR count). The molecule has 1 saturated heterocycles. The van der Waals surface area contributed by atoms with Crippen LogP contribution in [0.1, 0.15) is 25.1 Å². The van der Waals surface area contributed by atoms with Crippen LogP contribution >= 0.6 is 11.3 Å². The molecule has 3 aromatic heterocycles. The largest absolute Gasteiger partial charge is 0.490 e. The van der Waals surface area contributed by atoms with Gasteiger partial charge in [-0.15, -0.1) is 11.3 Å². The molecule has 1 atom stereocenters. The number of pyridine rings is 1. The van der Waals surface area contributed by atoms with E-state index < -0.39 is 11.6 Å². The number of fused-ring (bicyclic) bond motifs is 2. The van der Waals surface area contributed by atoms with Gasteiger partial charge in [0.2, 0.25) is 11.8 Å². The molecule has 0 N–H and O–H groups in total. The first-order chi connectivity index (χ1) is 22.1. The van der Waals surface area contributed by atoms with Crippen LogP contribution in [0.5, 0.6) is 5.75 Å². The lowest BCUT2D eigenvalue weighted by molar-refractivity contribution is -0.130. The highest BCUT2D eigenvalue weighted by Crippen LogP contribution is 2.48. The van der Waals surface area contributed by atoms with Crippen molar-refractivity contribution in [2.45, 2.75) is 25.9 Å². The third-order valence-electron chi connectivity index (χ3n) is 8.58. The second-order valence-electron chi connectivity index (χ2n) is 11.8. The van der Waals surface area contributed by atoms with Crippen LogP contribution in [0.3, 0.4) is 0 Å². The Balaban J connectivity index is 1.52. The lowest BCUT2D eigenvalue weighted by Gasteiger charge is -2.41. The fourth-order valence-electron chi connectivity index (χ4n) is 6.15. The Labute approximate surface area is 269 Å². The Bertz CT molecular complexity index is 1820. The van der Waals surface area contributed by atoms with E-state index in [4.69, 9.17) is 19.6 Å². The molecule has 1 unspecified atom stereocenters. The molecule has 242 valence electrons. The first kappa shape index (κ1) is 31.6. The average Bonchev–Trinajstić information content (AvgIpc) is 3.67. The van der Waals surface area contributed by atoms with Crippen molar-refractivity contribution in [3.05, 3.63) is 59.6 Å². The summed E-state index contributed by atoms with van der Waals surface area (Å²) >= 11 is 1.43. The summed E-state index contributed by atoms with van der Waals surface area (Å²) in [5.74, 6) is -0.735. The molecule has 0 spiro atoms. The molecule has 5 heterocycles. The maximum Gasteiger partial charge on any atom is 0.246 e. The third kappa shape index (κ3) is 5.73. The van der Waals surface area contributed by atoms with Crippen LogP contribution in [0, 0.1) is 17.6 Å². The second kappa shape index (κ2) is 12.8. The molecule has 13 heteroatoms. The zero-order chi connectivity index (χ0) is 32.7. The van der Waals surface area contributed by atoms with Crippen LogP contribution in [0.15, 0.2) is 42.3 Å². The number of carbonyl (C=O) groups excluding carboxylic acids is 2. The molecular weight excluding hydrogens is 614 g/mol. The van der Waals surface area contributed by atoms with Gasteiger partial charge in [-0.25, -0.2) is 13.8 Å². The summed E-state index contributed by atoms with van der Waals surface area (Å²) < 4.78 is 44.2. The van der Waals surface area contributed by atoms with Gasteiger partial charge in [-0.3, -0.25) is 14.3 Å². The number of amides is 2. The minimum Gasteiger partial charge on any atom is -0.490 e. The van der Waals surface area contributed by atoms with E-state index in [-0.39, 0.29) is 48.3 Å². The van der Waals surface area contributed by atoms with Crippen LogP contribution in [0.4, 0.5) is 14.6 Å². The number of thiophene rings is 1. The fourth-order valence-corrected chi connectivity index (χ4v) is 7.09. The first-order valence-electron chi connectivity index (χ1n) is 15.1. The molecule has 2 amide bonds. The van der Waals surface area contributed by atoms with Gasteiger partial charge in [0.05, 0.1) is 30.5 Å². The number of aromatic nitrogens is 3. The standard InChI is InChI=1S/C33H36F2N6O4S/c1-6-27(42)40-8-9-41-25(19(40)2)16-24(37-41)31-30(29-23(35)14-21(34)15-26(29)45-11-10-44-5)32-22(7-12-46-32)33(36-31)39-17-20(18-39)13-28(43)38(3)4/h6-7,12,14-16,19-20H,1,8-11,13,17-18H2,2-5H3. The van der Waals surface area contributed by atoms with Crippen LogP contribution in [0.25, 0.3) is 32.6 Å². The number of methoxy groups -OCH3 is 1. The Kier molecular flexibility index (Phi) is 8.80. The summed E-state index contributed by atoms with van der Waals surface area (Å²) in [4.78, 5) is 35.5. The van der Waals surface area contributed by atoms with E-state index in [1.807, 2.05) is 29.1 Å². The molecule has 0 radical (unpaired) electrons. The van der Waals surface area contributed by atoms with Gasteiger partial charge >= 0.3 is 0 Å². The molecule has 2 aliphatic heterocycles. The number of hydrogen-bond acceptors (Lipinski definition) is 8. The highest BCUT2D eigenvalue weighted by atomic mass is 32.1. The van der Waals surface area contributed by atoms with E-state index in [1.165, 1.54) is 30.6 Å². The van der Waals surface area contributed by atoms with Gasteiger partial charge in [-0.05, 0) is 30.5 Å². The fraction of sp³-hybridized carbons (Fsp3) is 0.394. The van der Waals surface area contributed by atoms with Crippen molar-refractivity contribution in [1.82, 2.24) is 24.6 Å². The maximum atomic E-state index is 16.0. The minimum atomic E-state index is -0.788. The molecule has 1 aromatic carbocycles. The monoisotopic (exact) mass is 650 g/mol. The lowest BCUT2D eigenvalue weighted by Crippen LogP contribution is -2.49. The Morgan fingerprint density at radius 2 is 1.93 bits per heavy atom. The van der Waals surface area contributed by atoms with Crippen molar-refractivity contribution in [3.8, 4) is 28.3 Å². The Morgan fingerprint density at radius 3 is 2.65 bits per heavy atom. The van der Waals surface area contributed by atoms with Crippen LogP contribution in [-0.4, -0.2) is 90.4 Å². The molecule has 10 nitrogen and oxygen atoms in total. The summed E-state index contributed by atoms with van der Waals surface area (Å²) in [6, 6.07) is 5.56. The molecule has 0 aliphatic carbocycles. The summed E-state index contributed by atoms with van der Waals surface area (Å²) in [5, 5.41) is 7.64. The van der Waals surface area contributed by atoms with Gasteiger partial charge in [0.25, 0.3) is 0 Å². The minimum absolute atomic E-state index is 0.0337. The van der Waals surface area contributed by atoms with E-state index in [1.54, 1.807) is 23.9 Å². The van der Waals surface area contributed by atoms with E-state index in [0.717, 1.165) is 21.8 Å². The maximum absolute atomic E-state index is 16.0. The molecule has 0 saturated carbocycles. The SMILES string of the molecule is C=CC(=O)N1CCn2nc(-c3nc(N4CC(CC(=O)N(C)C)C4)c4ccsc4c3-c3c(F)cc(F)cc3OCCOC)cc2C1C. The van der Waals surface area contributed by atoms with Crippen molar-refractivity contribution >= 4 is 39.1 Å². The number of rotatable bonds is 10. The van der Waals surface area contributed by atoms with Crippen molar-refractivity contribution < 1.29 is 27.8 Å². The summed E-state index contributed by atoms with van der Waals surface area (Å²) in [5.41, 5.74) is 2.24. The third-order valence-corrected chi connectivity index (χ3v) is 9.51. The van der Waals surface area contributed by atoms with Gasteiger partial charge in [0.15, 0.2) is 0 Å². The quantitative estimate of drug-likeness (QED) is 0.174. The molecule has 4 aromatic rings. The number of hydrogen-bond donors (Lipinski definition) is 0. The second-order valence-corrected chi connectivity index (χ2v) is 12.7. The van der Waals surface area contributed by atoms with Crippen molar-refractivity contribution in [2.24, 2.45) is 5.92 Å². The number of halogens is 2. The van der Waals surface area contributed by atoms with Gasteiger partial charge in [-0.2, -0.15) is 5.10 Å². The highest BCUT2D eigenvalue weighted by molar-refractivity contribution is 7.18. The zero-order valence-corrected chi connectivity index (χ0v) is 27.1. The summed E-state index contributed by atoms with van der Waals surface area (Å²) in [6.45, 7) is 8.09. The van der Waals surface area contributed by atoms with E-state index in [9.17, 15) is 14.0 Å². The topological polar surface area (TPSA) is 93.0 Å². The van der Waals surface area contributed by atoms with Crippen LogP contribution in [-0.2, 0) is 20.9 Å².